The molecule has 1 N–H and O–H groups in total. The van der Waals surface area contributed by atoms with Crippen LogP contribution in [0, 0.1) is 12.7 Å². The topological polar surface area (TPSA) is 103 Å². The van der Waals surface area contributed by atoms with Crippen LogP contribution < -0.4 is 19.1 Å². The van der Waals surface area contributed by atoms with E-state index in [0.29, 0.717) is 24.9 Å². The van der Waals surface area contributed by atoms with E-state index in [4.69, 9.17) is 14.2 Å². The van der Waals surface area contributed by atoms with Crippen LogP contribution >= 0.6 is 0 Å². The highest BCUT2D eigenvalue weighted by molar-refractivity contribution is 7.89. The molecule has 1 aliphatic heterocycles. The van der Waals surface area contributed by atoms with Gasteiger partial charge in [0.1, 0.15) is 34.7 Å². The van der Waals surface area contributed by atoms with Crippen molar-refractivity contribution < 1.29 is 27.0 Å². The van der Waals surface area contributed by atoms with Crippen molar-refractivity contribution in [3.8, 4) is 11.6 Å². The van der Waals surface area contributed by atoms with Crippen LogP contribution in [0.25, 0.3) is 0 Å². The van der Waals surface area contributed by atoms with Crippen LogP contribution in [0.15, 0.2) is 29.2 Å². The maximum atomic E-state index is 13.5. The van der Waals surface area contributed by atoms with Gasteiger partial charge in [-0.3, -0.25) is 0 Å². The Labute approximate surface area is 168 Å². The predicted octanol–water partition coefficient (Wildman–Crippen LogP) is 1.13. The maximum absolute atomic E-state index is 13.5. The number of anilines is 1. The van der Waals surface area contributed by atoms with E-state index >= 15 is 0 Å². The molecular weight excluding hydrogens is 403 g/mol. The van der Waals surface area contributed by atoms with Gasteiger partial charge in [0.25, 0.3) is 0 Å². The number of morpholine rings is 1. The Hall–Kier alpha value is -2.50. The molecule has 0 spiro atoms. The second kappa shape index (κ2) is 9.33. The lowest BCUT2D eigenvalue weighted by Crippen LogP contribution is -2.37. The van der Waals surface area contributed by atoms with Gasteiger partial charge in [0, 0.05) is 25.7 Å². The highest BCUT2D eigenvalue weighted by Crippen LogP contribution is 2.24. The SMILES string of the molecule is COc1ccc(F)cc1S(=O)(=O)NCCOc1cc(N2CCOCC2)nc(C)n1. The number of sulfonamides is 1. The third-order valence-corrected chi connectivity index (χ3v) is 5.68. The molecule has 0 aliphatic carbocycles. The molecule has 1 aromatic carbocycles. The van der Waals surface area contributed by atoms with Gasteiger partial charge < -0.3 is 19.1 Å². The summed E-state index contributed by atoms with van der Waals surface area (Å²) in [6, 6.07) is 5.01. The van der Waals surface area contributed by atoms with Gasteiger partial charge in [-0.1, -0.05) is 0 Å². The summed E-state index contributed by atoms with van der Waals surface area (Å²) in [7, 11) is -2.64. The van der Waals surface area contributed by atoms with Gasteiger partial charge in [-0.15, -0.1) is 0 Å². The van der Waals surface area contributed by atoms with Gasteiger partial charge in [-0.05, 0) is 25.1 Å². The average molecular weight is 426 g/mol. The summed E-state index contributed by atoms with van der Waals surface area (Å²) in [5.41, 5.74) is 0. The zero-order valence-corrected chi connectivity index (χ0v) is 17.0. The molecule has 0 unspecified atom stereocenters. The van der Waals surface area contributed by atoms with Crippen LogP contribution in [0.1, 0.15) is 5.82 Å². The number of halogens is 1. The van der Waals surface area contributed by atoms with Crippen molar-refractivity contribution in [3.05, 3.63) is 35.9 Å². The number of aromatic nitrogens is 2. The van der Waals surface area contributed by atoms with Gasteiger partial charge in [0.05, 0.1) is 20.3 Å². The average Bonchev–Trinajstić information content (AvgIpc) is 2.71. The Morgan fingerprint density at radius 3 is 2.72 bits per heavy atom. The monoisotopic (exact) mass is 426 g/mol. The molecule has 11 heteroatoms. The van der Waals surface area contributed by atoms with Crippen molar-refractivity contribution in [1.29, 1.82) is 0 Å². The molecule has 1 aliphatic rings. The standard InChI is InChI=1S/C18H23FN4O5S/c1-13-21-17(23-6-9-27-10-7-23)12-18(22-13)28-8-5-20-29(24,25)16-11-14(19)3-4-15(16)26-2/h3-4,11-12,20H,5-10H2,1-2H3. The zero-order valence-electron chi connectivity index (χ0n) is 16.2. The van der Waals surface area contributed by atoms with Gasteiger partial charge in [-0.2, -0.15) is 4.98 Å². The lowest BCUT2D eigenvalue weighted by molar-refractivity contribution is 0.122. The van der Waals surface area contributed by atoms with Crippen molar-refractivity contribution in [2.75, 3.05) is 51.5 Å². The Morgan fingerprint density at radius 1 is 1.24 bits per heavy atom. The number of nitrogens with one attached hydrogen (secondary N) is 1. The lowest BCUT2D eigenvalue weighted by Gasteiger charge is -2.28. The summed E-state index contributed by atoms with van der Waals surface area (Å²) >= 11 is 0. The van der Waals surface area contributed by atoms with Crippen molar-refractivity contribution in [2.45, 2.75) is 11.8 Å². The molecule has 29 heavy (non-hydrogen) atoms. The van der Waals surface area contributed by atoms with Gasteiger partial charge in [0.2, 0.25) is 15.9 Å². The van der Waals surface area contributed by atoms with Crippen LogP contribution in [0.4, 0.5) is 10.2 Å². The second-order valence-corrected chi connectivity index (χ2v) is 7.99. The number of methoxy groups -OCH3 is 1. The first-order valence-electron chi connectivity index (χ1n) is 9.03. The zero-order chi connectivity index (χ0) is 20.9. The quantitative estimate of drug-likeness (QED) is 0.627. The number of benzene rings is 1. The van der Waals surface area contributed by atoms with E-state index in [2.05, 4.69) is 19.6 Å². The fourth-order valence-corrected chi connectivity index (χ4v) is 4.02. The summed E-state index contributed by atoms with van der Waals surface area (Å²) in [6.07, 6.45) is 0. The summed E-state index contributed by atoms with van der Waals surface area (Å²) in [5, 5.41) is 0. The summed E-state index contributed by atoms with van der Waals surface area (Å²) in [5.74, 6) is 1.02. The van der Waals surface area contributed by atoms with E-state index in [1.54, 1.807) is 13.0 Å². The molecule has 9 nitrogen and oxygen atoms in total. The molecule has 2 aromatic rings. The van der Waals surface area contributed by atoms with Gasteiger partial charge in [-0.25, -0.2) is 22.5 Å². The second-order valence-electron chi connectivity index (χ2n) is 6.25. The molecule has 1 aromatic heterocycles. The summed E-state index contributed by atoms with van der Waals surface area (Å²) < 4.78 is 56.6. The highest BCUT2D eigenvalue weighted by Gasteiger charge is 2.20. The number of hydrogen-bond donors (Lipinski definition) is 1. The smallest absolute Gasteiger partial charge is 0.244 e. The first-order chi connectivity index (χ1) is 13.9. The van der Waals surface area contributed by atoms with Gasteiger partial charge in [0.15, 0.2) is 0 Å². The van der Waals surface area contributed by atoms with Crippen LogP contribution in [0.5, 0.6) is 11.6 Å². The van der Waals surface area contributed by atoms with E-state index in [0.717, 1.165) is 31.0 Å². The molecule has 0 amide bonds. The number of hydrogen-bond acceptors (Lipinski definition) is 8. The third kappa shape index (κ3) is 5.52. The Bertz CT molecular complexity index is 951. The van der Waals surface area contributed by atoms with Crippen molar-refractivity contribution in [2.24, 2.45) is 0 Å². The van der Waals surface area contributed by atoms with Crippen molar-refractivity contribution in [1.82, 2.24) is 14.7 Å². The Balaban J connectivity index is 1.60. The largest absolute Gasteiger partial charge is 0.495 e. The number of rotatable bonds is 8. The predicted molar refractivity (Wildman–Crippen MR) is 103 cm³/mol. The minimum Gasteiger partial charge on any atom is -0.495 e. The minimum absolute atomic E-state index is 0.0298. The normalized spacial score (nSPS) is 14.7. The molecule has 1 fully saturated rings. The highest BCUT2D eigenvalue weighted by atomic mass is 32.2. The van der Waals surface area contributed by atoms with Crippen molar-refractivity contribution >= 4 is 15.8 Å². The van der Waals surface area contributed by atoms with Crippen LogP contribution in [-0.2, 0) is 14.8 Å². The fraction of sp³-hybridized carbons (Fsp3) is 0.444. The molecule has 158 valence electrons. The molecule has 1 saturated heterocycles. The first-order valence-corrected chi connectivity index (χ1v) is 10.5. The van der Waals surface area contributed by atoms with Crippen LogP contribution in [0.3, 0.4) is 0 Å². The Kier molecular flexibility index (Phi) is 6.83. The van der Waals surface area contributed by atoms with Crippen LogP contribution in [0.2, 0.25) is 0 Å². The summed E-state index contributed by atoms with van der Waals surface area (Å²) in [6.45, 7) is 4.48. The number of ether oxygens (including phenoxy) is 3. The molecule has 0 radical (unpaired) electrons. The minimum atomic E-state index is -3.96. The maximum Gasteiger partial charge on any atom is 0.244 e. The lowest BCUT2D eigenvalue weighted by atomic mass is 10.3. The third-order valence-electron chi connectivity index (χ3n) is 4.20. The molecule has 0 saturated carbocycles. The molecule has 2 heterocycles. The first kappa shape index (κ1) is 21.2. The summed E-state index contributed by atoms with van der Waals surface area (Å²) in [4.78, 5) is 10.4. The molecule has 0 bridgehead atoms. The van der Waals surface area contributed by atoms with Gasteiger partial charge >= 0.3 is 0 Å². The number of nitrogens with zero attached hydrogens (tertiary/aromatic N) is 3. The Morgan fingerprint density at radius 2 is 2.00 bits per heavy atom. The fourth-order valence-electron chi connectivity index (χ4n) is 2.82. The van der Waals surface area contributed by atoms with E-state index in [-0.39, 0.29) is 23.8 Å². The van der Waals surface area contributed by atoms with Crippen LogP contribution in [-0.4, -0.2) is 65.0 Å². The van der Waals surface area contributed by atoms with E-state index in [9.17, 15) is 12.8 Å². The van der Waals surface area contributed by atoms with E-state index in [1.807, 2.05) is 0 Å². The molecule has 0 atom stereocenters. The van der Waals surface area contributed by atoms with E-state index < -0.39 is 15.8 Å². The van der Waals surface area contributed by atoms with E-state index in [1.165, 1.54) is 13.2 Å². The molecule has 3 rings (SSSR count). The number of aryl methyl sites for hydroxylation is 1. The van der Waals surface area contributed by atoms with Crippen molar-refractivity contribution in [3.63, 3.8) is 0 Å². The molecular formula is C18H23FN4O5S.